The van der Waals surface area contributed by atoms with Crippen LogP contribution in [0.3, 0.4) is 0 Å². The number of fused-ring (bicyclic) bond motifs is 3. The van der Waals surface area contributed by atoms with Gasteiger partial charge in [-0.25, -0.2) is 0 Å². The van der Waals surface area contributed by atoms with Crippen LogP contribution in [0.1, 0.15) is 88.8 Å². The summed E-state index contributed by atoms with van der Waals surface area (Å²) in [6, 6.07) is 14.0. The van der Waals surface area contributed by atoms with Gasteiger partial charge in [0.15, 0.2) is 0 Å². The molecule has 1 aliphatic carbocycles. The molecule has 2 aliphatic rings. The van der Waals surface area contributed by atoms with Gasteiger partial charge in [-0.05, 0) is 74.9 Å². The van der Waals surface area contributed by atoms with Crippen molar-refractivity contribution in [2.45, 2.75) is 83.8 Å². The molecule has 2 aromatic rings. The summed E-state index contributed by atoms with van der Waals surface area (Å²) in [6.45, 7) is 8.68. The third-order valence-electron chi connectivity index (χ3n) is 7.36. The molecule has 0 saturated carbocycles. The maximum Gasteiger partial charge on any atom is 0.127 e. The number of benzene rings is 2. The summed E-state index contributed by atoms with van der Waals surface area (Å²) in [7, 11) is 0. The molecule has 1 aliphatic heterocycles. The normalized spacial score (nSPS) is 22.6. The van der Waals surface area contributed by atoms with E-state index in [0.717, 1.165) is 66.5 Å². The van der Waals surface area contributed by atoms with Gasteiger partial charge in [0, 0.05) is 17.4 Å². The summed E-state index contributed by atoms with van der Waals surface area (Å²) in [5.74, 6) is 1.67. The molecule has 1 heterocycles. The van der Waals surface area contributed by atoms with Gasteiger partial charge in [-0.3, -0.25) is 0 Å². The van der Waals surface area contributed by atoms with Crippen LogP contribution in [0.5, 0.6) is 11.5 Å². The number of phenolic OH excluding ortho intramolecular Hbond substituents is 1. The van der Waals surface area contributed by atoms with E-state index in [1.165, 1.54) is 5.57 Å². The Morgan fingerprint density at radius 3 is 2.64 bits per heavy atom. The van der Waals surface area contributed by atoms with E-state index in [2.05, 4.69) is 52.0 Å². The van der Waals surface area contributed by atoms with Crippen molar-refractivity contribution in [2.24, 2.45) is 5.92 Å². The minimum absolute atomic E-state index is 0.256. The number of aliphatic hydroxyl groups excluding tert-OH is 1. The molecule has 0 fully saturated rings. The molecule has 0 saturated heterocycles. The summed E-state index contributed by atoms with van der Waals surface area (Å²) in [5, 5.41) is 22.0. The van der Waals surface area contributed by atoms with Gasteiger partial charge in [-0.2, -0.15) is 0 Å². The first-order valence-electron chi connectivity index (χ1n) is 12.5. The zero-order chi connectivity index (χ0) is 23.6. The molecule has 33 heavy (non-hydrogen) atoms. The molecule has 0 spiro atoms. The number of unbranched alkanes of at least 4 members (excludes halogenated alkanes) is 2. The highest BCUT2D eigenvalue weighted by molar-refractivity contribution is 5.82. The molecule has 4 rings (SSSR count). The molecule has 3 atom stereocenters. The van der Waals surface area contributed by atoms with Gasteiger partial charge in [-0.1, -0.05) is 68.2 Å². The molecule has 0 amide bonds. The van der Waals surface area contributed by atoms with E-state index in [1.807, 2.05) is 30.3 Å². The van der Waals surface area contributed by atoms with Crippen molar-refractivity contribution in [1.29, 1.82) is 0 Å². The second-order valence-electron chi connectivity index (χ2n) is 10.3. The molecular formula is C30H38O3. The average Bonchev–Trinajstić information content (AvgIpc) is 2.77. The van der Waals surface area contributed by atoms with Crippen LogP contribution < -0.4 is 4.74 Å². The Bertz CT molecular complexity index is 1030. The number of aliphatic hydroxyl groups is 1. The lowest BCUT2D eigenvalue weighted by Crippen LogP contribution is -2.45. The first-order chi connectivity index (χ1) is 15.8. The van der Waals surface area contributed by atoms with Gasteiger partial charge in [-0.15, -0.1) is 0 Å². The van der Waals surface area contributed by atoms with Gasteiger partial charge < -0.3 is 14.9 Å². The maximum atomic E-state index is 11.2. The number of phenols is 1. The minimum Gasteiger partial charge on any atom is -0.507 e. The highest BCUT2D eigenvalue weighted by Crippen LogP contribution is 2.54. The van der Waals surface area contributed by atoms with Crippen LogP contribution in [-0.4, -0.2) is 21.9 Å². The third-order valence-corrected chi connectivity index (χ3v) is 7.36. The van der Waals surface area contributed by atoms with Gasteiger partial charge in [0.1, 0.15) is 17.1 Å². The maximum absolute atomic E-state index is 11.2. The Kier molecular flexibility index (Phi) is 6.99. The van der Waals surface area contributed by atoms with Gasteiger partial charge >= 0.3 is 0 Å². The molecule has 3 unspecified atom stereocenters. The highest BCUT2D eigenvalue weighted by atomic mass is 16.5. The summed E-state index contributed by atoms with van der Waals surface area (Å²) >= 11 is 0. The predicted molar refractivity (Wildman–Crippen MR) is 136 cm³/mol. The lowest BCUT2D eigenvalue weighted by atomic mass is 9.67. The van der Waals surface area contributed by atoms with Crippen molar-refractivity contribution in [3.05, 3.63) is 76.9 Å². The van der Waals surface area contributed by atoms with E-state index in [9.17, 15) is 10.2 Å². The monoisotopic (exact) mass is 446 g/mol. The van der Waals surface area contributed by atoms with Crippen molar-refractivity contribution >= 4 is 5.57 Å². The number of hydrogen-bond donors (Lipinski definition) is 2. The highest BCUT2D eigenvalue weighted by Gasteiger charge is 2.45. The quantitative estimate of drug-likeness (QED) is 0.345. The fourth-order valence-electron chi connectivity index (χ4n) is 5.58. The molecule has 3 nitrogen and oxygen atoms in total. The van der Waals surface area contributed by atoms with E-state index in [0.29, 0.717) is 11.7 Å². The molecule has 0 aromatic heterocycles. The largest absolute Gasteiger partial charge is 0.507 e. The lowest BCUT2D eigenvalue weighted by Gasteiger charge is -2.47. The van der Waals surface area contributed by atoms with Crippen molar-refractivity contribution in [3.8, 4) is 11.5 Å². The second kappa shape index (κ2) is 9.77. The Morgan fingerprint density at radius 2 is 1.91 bits per heavy atom. The van der Waals surface area contributed by atoms with Crippen LogP contribution in [0.4, 0.5) is 0 Å². The van der Waals surface area contributed by atoms with Crippen molar-refractivity contribution in [3.63, 3.8) is 0 Å². The Hall–Kier alpha value is -2.52. The first-order valence-corrected chi connectivity index (χ1v) is 12.5. The predicted octanol–water partition coefficient (Wildman–Crippen LogP) is 7.38. The average molecular weight is 447 g/mol. The molecule has 2 N–H and O–H groups in total. The van der Waals surface area contributed by atoms with Crippen molar-refractivity contribution in [1.82, 2.24) is 0 Å². The van der Waals surface area contributed by atoms with Crippen molar-refractivity contribution < 1.29 is 14.9 Å². The fraction of sp³-hybridized carbons (Fsp3) is 0.467. The fourth-order valence-corrected chi connectivity index (χ4v) is 5.58. The Morgan fingerprint density at radius 1 is 1.15 bits per heavy atom. The van der Waals surface area contributed by atoms with Crippen LogP contribution in [0.25, 0.3) is 5.57 Å². The Balaban J connectivity index is 1.77. The lowest BCUT2D eigenvalue weighted by molar-refractivity contribution is 0.00759. The Labute approximate surface area is 198 Å². The zero-order valence-electron chi connectivity index (χ0n) is 20.5. The van der Waals surface area contributed by atoms with Crippen LogP contribution in [0, 0.1) is 5.92 Å². The standard InChI is InChI=1S/C30H38O3/c1-5-6-8-13-23(31)19-24(21-11-9-7-10-12-21)22-17-27(32)29-25-16-20(2)14-15-26(25)30(3,4)33-28(29)18-22/h7,9-12,14,17-19,23,25-26,31-32H,5-6,8,13,15-16H2,1-4H3. The summed E-state index contributed by atoms with van der Waals surface area (Å²) in [4.78, 5) is 0. The summed E-state index contributed by atoms with van der Waals surface area (Å²) in [6.07, 6.45) is 9.64. The number of ether oxygens (including phenoxy) is 1. The summed E-state index contributed by atoms with van der Waals surface area (Å²) < 4.78 is 6.54. The van der Waals surface area contributed by atoms with E-state index >= 15 is 0 Å². The van der Waals surface area contributed by atoms with Gasteiger partial charge in [0.2, 0.25) is 0 Å². The van der Waals surface area contributed by atoms with Crippen LogP contribution >= 0.6 is 0 Å². The SMILES string of the molecule is CCCCCC(O)C=C(c1ccccc1)c1cc(O)c2c(c1)OC(C)(C)C1CC=C(C)CC21. The molecule has 3 heteroatoms. The number of allylic oxidation sites excluding steroid dienone is 2. The minimum atomic E-state index is -0.530. The first kappa shape index (κ1) is 23.6. The van der Waals surface area contributed by atoms with Gasteiger partial charge in [0.05, 0.1) is 6.10 Å². The van der Waals surface area contributed by atoms with Crippen LogP contribution in [-0.2, 0) is 0 Å². The van der Waals surface area contributed by atoms with E-state index < -0.39 is 6.10 Å². The number of aromatic hydroxyl groups is 1. The zero-order valence-corrected chi connectivity index (χ0v) is 20.5. The van der Waals surface area contributed by atoms with Crippen LogP contribution in [0.2, 0.25) is 0 Å². The smallest absolute Gasteiger partial charge is 0.127 e. The number of hydrogen-bond acceptors (Lipinski definition) is 3. The molecule has 176 valence electrons. The van der Waals surface area contributed by atoms with Crippen LogP contribution in [0.15, 0.2) is 60.2 Å². The molecule has 0 radical (unpaired) electrons. The van der Waals surface area contributed by atoms with Gasteiger partial charge in [0.25, 0.3) is 0 Å². The topological polar surface area (TPSA) is 49.7 Å². The van der Waals surface area contributed by atoms with Crippen molar-refractivity contribution in [2.75, 3.05) is 0 Å². The summed E-state index contributed by atoms with van der Waals surface area (Å²) in [5.41, 5.74) is 4.84. The van der Waals surface area contributed by atoms with E-state index in [4.69, 9.17) is 4.74 Å². The second-order valence-corrected chi connectivity index (χ2v) is 10.3. The van der Waals surface area contributed by atoms with E-state index in [-0.39, 0.29) is 11.5 Å². The molecular weight excluding hydrogens is 408 g/mol. The number of rotatable bonds is 7. The van der Waals surface area contributed by atoms with E-state index in [1.54, 1.807) is 0 Å². The molecule has 0 bridgehead atoms. The molecule has 2 aromatic carbocycles. The third kappa shape index (κ3) is 5.04.